The van der Waals surface area contributed by atoms with Crippen molar-refractivity contribution >= 4 is 23.4 Å². The molecule has 0 bridgehead atoms. The predicted molar refractivity (Wildman–Crippen MR) is 103 cm³/mol. The molecule has 0 aliphatic rings. The Morgan fingerprint density at radius 1 is 1.08 bits per heavy atom. The fourth-order valence-corrected chi connectivity index (χ4v) is 3.66. The van der Waals surface area contributed by atoms with E-state index in [-0.39, 0.29) is 5.91 Å². The van der Waals surface area contributed by atoms with Crippen LogP contribution >= 0.6 is 11.8 Å². The highest BCUT2D eigenvalue weighted by molar-refractivity contribution is 7.98. The molecule has 25 heavy (non-hydrogen) atoms. The molecule has 0 spiro atoms. The molecule has 1 heterocycles. The fourth-order valence-electron chi connectivity index (χ4n) is 2.65. The zero-order chi connectivity index (χ0) is 17.8. The molecule has 5 heteroatoms. The summed E-state index contributed by atoms with van der Waals surface area (Å²) < 4.78 is 1.78. The molecule has 0 fully saturated rings. The number of nitrogens with one attached hydrogen (secondary N) is 1. The second kappa shape index (κ2) is 7.57. The van der Waals surface area contributed by atoms with Gasteiger partial charge in [-0.05, 0) is 31.5 Å². The lowest BCUT2D eigenvalue weighted by atomic mass is 10.2. The molecule has 0 saturated heterocycles. The zero-order valence-electron chi connectivity index (χ0n) is 14.6. The van der Waals surface area contributed by atoms with Crippen LogP contribution < -0.4 is 5.32 Å². The highest BCUT2D eigenvalue weighted by atomic mass is 32.2. The molecule has 0 aliphatic heterocycles. The third-order valence-corrected chi connectivity index (χ3v) is 5.26. The molecule has 1 amide bonds. The number of anilines is 1. The van der Waals surface area contributed by atoms with E-state index in [9.17, 15) is 4.79 Å². The van der Waals surface area contributed by atoms with E-state index in [1.807, 2.05) is 63.4 Å². The molecule has 4 nitrogen and oxygen atoms in total. The first kappa shape index (κ1) is 17.3. The molecule has 1 N–H and O–H groups in total. The molecular weight excluding hydrogens is 330 g/mol. The molecule has 0 radical (unpaired) electrons. The van der Waals surface area contributed by atoms with Gasteiger partial charge in [0.2, 0.25) is 0 Å². The average molecular weight is 351 g/mol. The highest BCUT2D eigenvalue weighted by Crippen LogP contribution is 2.27. The van der Waals surface area contributed by atoms with Gasteiger partial charge in [-0.15, -0.1) is 11.8 Å². The number of carbonyl (C=O) groups excluding carboxylic acids is 1. The molecule has 0 saturated carbocycles. The Morgan fingerprint density at radius 3 is 2.44 bits per heavy atom. The first-order valence-electron chi connectivity index (χ1n) is 8.13. The maximum absolute atomic E-state index is 12.8. The highest BCUT2D eigenvalue weighted by Gasteiger charge is 2.16. The molecular formula is C20H21N3OS. The minimum absolute atomic E-state index is 0.102. The largest absolute Gasteiger partial charge is 0.319 e. The van der Waals surface area contributed by atoms with Crippen LogP contribution in [0.4, 0.5) is 5.69 Å². The van der Waals surface area contributed by atoms with Gasteiger partial charge in [0.15, 0.2) is 0 Å². The van der Waals surface area contributed by atoms with Crippen LogP contribution in [0.2, 0.25) is 0 Å². The predicted octanol–water partition coefficient (Wildman–Crippen LogP) is 4.58. The summed E-state index contributed by atoms with van der Waals surface area (Å²) >= 11 is 1.67. The number of rotatable bonds is 5. The quantitative estimate of drug-likeness (QED) is 0.684. The lowest BCUT2D eigenvalue weighted by molar-refractivity contribution is 0.102. The summed E-state index contributed by atoms with van der Waals surface area (Å²) in [6.07, 6.45) is 0. The Morgan fingerprint density at radius 2 is 1.76 bits per heavy atom. The van der Waals surface area contributed by atoms with Crippen molar-refractivity contribution < 1.29 is 4.79 Å². The Balaban J connectivity index is 1.79. The SMILES string of the molecule is Cc1nn(C)c(C)c1NC(=O)c1ccccc1SCc1ccccc1. The number of hydrogen-bond donors (Lipinski definition) is 1. The Kier molecular flexibility index (Phi) is 5.24. The second-order valence-electron chi connectivity index (χ2n) is 5.89. The van der Waals surface area contributed by atoms with Crippen molar-refractivity contribution in [3.8, 4) is 0 Å². The van der Waals surface area contributed by atoms with E-state index in [2.05, 4.69) is 22.5 Å². The third kappa shape index (κ3) is 3.94. The van der Waals surface area contributed by atoms with Gasteiger partial charge in [0, 0.05) is 17.7 Å². The molecule has 2 aromatic carbocycles. The van der Waals surface area contributed by atoms with E-state index in [4.69, 9.17) is 0 Å². The van der Waals surface area contributed by atoms with Crippen LogP contribution in [0.1, 0.15) is 27.3 Å². The molecule has 0 aliphatic carbocycles. The molecule has 3 rings (SSSR count). The van der Waals surface area contributed by atoms with E-state index in [0.29, 0.717) is 5.56 Å². The van der Waals surface area contributed by atoms with Gasteiger partial charge in [0.1, 0.15) is 0 Å². The minimum atomic E-state index is -0.102. The molecule has 3 aromatic rings. The van der Waals surface area contributed by atoms with Crippen LogP contribution in [-0.2, 0) is 12.8 Å². The van der Waals surface area contributed by atoms with Gasteiger partial charge in [0.05, 0.1) is 22.6 Å². The van der Waals surface area contributed by atoms with Gasteiger partial charge in [0.25, 0.3) is 5.91 Å². The summed E-state index contributed by atoms with van der Waals surface area (Å²) in [6, 6.07) is 18.0. The topological polar surface area (TPSA) is 46.9 Å². The Bertz CT molecular complexity index is 887. The van der Waals surface area contributed by atoms with Crippen LogP contribution in [0, 0.1) is 13.8 Å². The first-order chi connectivity index (χ1) is 12.1. The number of hydrogen-bond acceptors (Lipinski definition) is 3. The van der Waals surface area contributed by atoms with E-state index >= 15 is 0 Å². The number of amides is 1. The minimum Gasteiger partial charge on any atom is -0.319 e. The van der Waals surface area contributed by atoms with E-state index < -0.39 is 0 Å². The van der Waals surface area contributed by atoms with Gasteiger partial charge in [-0.2, -0.15) is 5.10 Å². The van der Waals surface area contributed by atoms with E-state index in [1.165, 1.54) is 5.56 Å². The number of aromatic nitrogens is 2. The lowest BCUT2D eigenvalue weighted by Gasteiger charge is -2.10. The zero-order valence-corrected chi connectivity index (χ0v) is 15.4. The maximum atomic E-state index is 12.8. The number of benzene rings is 2. The van der Waals surface area contributed by atoms with Crippen molar-refractivity contribution in [1.29, 1.82) is 0 Å². The van der Waals surface area contributed by atoms with Crippen LogP contribution in [0.25, 0.3) is 0 Å². The molecule has 1 aromatic heterocycles. The summed E-state index contributed by atoms with van der Waals surface area (Å²) in [5, 5.41) is 7.37. The Hall–Kier alpha value is -2.53. The van der Waals surface area contributed by atoms with Crippen molar-refractivity contribution in [2.45, 2.75) is 24.5 Å². The summed E-state index contributed by atoms with van der Waals surface area (Å²) in [6.45, 7) is 3.85. The monoisotopic (exact) mass is 351 g/mol. The summed E-state index contributed by atoms with van der Waals surface area (Å²) in [5.41, 5.74) is 4.48. The molecule has 0 unspecified atom stereocenters. The maximum Gasteiger partial charge on any atom is 0.256 e. The van der Waals surface area contributed by atoms with E-state index in [0.717, 1.165) is 27.7 Å². The first-order valence-corrected chi connectivity index (χ1v) is 9.12. The fraction of sp³-hybridized carbons (Fsp3) is 0.200. The summed E-state index contributed by atoms with van der Waals surface area (Å²) in [5.74, 6) is 0.728. The van der Waals surface area contributed by atoms with Crippen molar-refractivity contribution in [2.75, 3.05) is 5.32 Å². The lowest BCUT2D eigenvalue weighted by Crippen LogP contribution is -2.14. The number of carbonyl (C=O) groups is 1. The molecule has 128 valence electrons. The number of aryl methyl sites for hydroxylation is 2. The van der Waals surface area contributed by atoms with Crippen LogP contribution in [0.5, 0.6) is 0 Å². The number of nitrogens with zero attached hydrogens (tertiary/aromatic N) is 2. The van der Waals surface area contributed by atoms with Crippen LogP contribution in [0.15, 0.2) is 59.5 Å². The molecule has 0 atom stereocenters. The Labute approximate surface area is 152 Å². The van der Waals surface area contributed by atoms with Crippen molar-refractivity contribution in [2.24, 2.45) is 7.05 Å². The van der Waals surface area contributed by atoms with Crippen LogP contribution in [-0.4, -0.2) is 15.7 Å². The van der Waals surface area contributed by atoms with Crippen molar-refractivity contribution in [3.63, 3.8) is 0 Å². The third-order valence-electron chi connectivity index (χ3n) is 4.12. The van der Waals surface area contributed by atoms with E-state index in [1.54, 1.807) is 16.4 Å². The van der Waals surface area contributed by atoms with Gasteiger partial charge in [-0.3, -0.25) is 9.48 Å². The number of thioether (sulfide) groups is 1. The van der Waals surface area contributed by atoms with Gasteiger partial charge in [-0.1, -0.05) is 42.5 Å². The van der Waals surface area contributed by atoms with Gasteiger partial charge < -0.3 is 5.32 Å². The van der Waals surface area contributed by atoms with Crippen LogP contribution in [0.3, 0.4) is 0 Å². The summed E-state index contributed by atoms with van der Waals surface area (Å²) in [4.78, 5) is 13.8. The van der Waals surface area contributed by atoms with Gasteiger partial charge >= 0.3 is 0 Å². The normalized spacial score (nSPS) is 10.7. The van der Waals surface area contributed by atoms with Crippen molar-refractivity contribution in [3.05, 3.63) is 77.1 Å². The van der Waals surface area contributed by atoms with Gasteiger partial charge in [-0.25, -0.2) is 0 Å². The standard InChI is InChI=1S/C20H21N3OS/c1-14-19(15(2)23(3)22-14)21-20(24)17-11-7-8-12-18(17)25-13-16-9-5-4-6-10-16/h4-12H,13H2,1-3H3,(H,21,24). The average Bonchev–Trinajstić information content (AvgIpc) is 2.87. The van der Waals surface area contributed by atoms with Crippen molar-refractivity contribution in [1.82, 2.24) is 9.78 Å². The smallest absolute Gasteiger partial charge is 0.256 e. The second-order valence-corrected chi connectivity index (χ2v) is 6.91. The summed E-state index contributed by atoms with van der Waals surface area (Å²) in [7, 11) is 1.88.